The molecule has 0 aliphatic heterocycles. The highest BCUT2D eigenvalue weighted by Gasteiger charge is 2.33. The molecule has 0 unspecified atom stereocenters. The zero-order valence-electron chi connectivity index (χ0n) is 39.5. The quantitative estimate of drug-likeness (QED) is 0.153. The van der Waals surface area contributed by atoms with Gasteiger partial charge in [0.25, 0.3) is 0 Å². The van der Waals surface area contributed by atoms with Crippen LogP contribution in [0.5, 0.6) is 0 Å². The Morgan fingerprint density at radius 1 is 0.365 bits per heavy atom. The molecule has 6 heteroatoms. The summed E-state index contributed by atoms with van der Waals surface area (Å²) in [5.41, 5.74) is 14.2. The maximum absolute atomic E-state index is 12.2. The number of benzene rings is 11. The van der Waals surface area contributed by atoms with Crippen LogP contribution in [0.15, 0.2) is 231 Å². The number of nitriles is 1. The fraction of sp³-hybridized carbons (Fsp3) is 0. The molecule has 15 rings (SSSR count). The van der Waals surface area contributed by atoms with E-state index >= 15 is 0 Å². The molecule has 0 aliphatic carbocycles. The van der Waals surface area contributed by atoms with E-state index < -0.39 is 0 Å². The van der Waals surface area contributed by atoms with Crippen molar-refractivity contribution in [2.75, 3.05) is 0 Å². The summed E-state index contributed by atoms with van der Waals surface area (Å²) in [5, 5.41) is 21.3. The molecule has 4 heterocycles. The minimum absolute atomic E-state index is 0.420. The Morgan fingerprint density at radius 3 is 1.24 bits per heavy atom. The molecule has 0 spiro atoms. The molecule has 0 atom stereocenters. The van der Waals surface area contributed by atoms with E-state index in [-0.39, 0.29) is 0 Å². The number of hydrogen-bond donors (Lipinski definition) is 0. The van der Waals surface area contributed by atoms with Gasteiger partial charge in [-0.3, -0.25) is 0 Å². The molecule has 0 N–H and O–H groups in total. The number of thiophene rings is 2. The number of rotatable bonds is 6. The van der Waals surface area contributed by atoms with Gasteiger partial charge in [-0.05, 0) is 69.8 Å². The van der Waals surface area contributed by atoms with Gasteiger partial charge in [0.15, 0.2) is 0 Å². The number of nitrogens with zero attached hydrogens (tertiary/aromatic N) is 4. The Hall–Kier alpha value is -9.56. The van der Waals surface area contributed by atoms with Gasteiger partial charge in [0.1, 0.15) is 6.07 Å². The van der Waals surface area contributed by atoms with Crippen LogP contribution < -0.4 is 0 Å². The van der Waals surface area contributed by atoms with Crippen molar-refractivity contribution >= 4 is 112 Å². The Labute approximate surface area is 433 Å². The molecular weight excluding hydrogens is 937 g/mol. The Kier molecular flexibility index (Phi) is 9.40. The molecule has 74 heavy (non-hydrogen) atoms. The van der Waals surface area contributed by atoms with Gasteiger partial charge in [0, 0.05) is 63.6 Å². The summed E-state index contributed by atoms with van der Waals surface area (Å²) in [6, 6.07) is 84.5. The topological polar surface area (TPSA) is 38.0 Å². The van der Waals surface area contributed by atoms with Gasteiger partial charge in [0.05, 0.1) is 55.0 Å². The van der Waals surface area contributed by atoms with E-state index in [1.54, 1.807) is 22.7 Å². The minimum atomic E-state index is 0.420. The third-order valence-electron chi connectivity index (χ3n) is 15.0. The van der Waals surface area contributed by atoms with Crippen LogP contribution in [-0.2, 0) is 0 Å². The van der Waals surface area contributed by atoms with Gasteiger partial charge in [-0.1, -0.05) is 194 Å². The average molecular weight is 975 g/mol. The molecule has 342 valence electrons. The summed E-state index contributed by atoms with van der Waals surface area (Å²) < 4.78 is 9.40. The summed E-state index contributed by atoms with van der Waals surface area (Å²) in [7, 11) is 0. The molecule has 4 aromatic heterocycles. The molecule has 0 fully saturated rings. The lowest BCUT2D eigenvalue weighted by molar-refractivity contribution is 1.14. The van der Waals surface area contributed by atoms with Crippen LogP contribution in [0.4, 0.5) is 5.69 Å². The van der Waals surface area contributed by atoms with E-state index in [9.17, 15) is 11.8 Å². The van der Waals surface area contributed by atoms with Crippen LogP contribution in [0.25, 0.3) is 145 Å². The maximum atomic E-state index is 12.2. The molecule has 0 saturated heterocycles. The molecule has 11 aromatic carbocycles. The molecule has 0 radical (unpaired) electrons. The van der Waals surface area contributed by atoms with Gasteiger partial charge >= 0.3 is 0 Å². The number of hydrogen-bond acceptors (Lipinski definition) is 3. The van der Waals surface area contributed by atoms with E-state index in [1.807, 2.05) is 36.4 Å². The molecule has 0 amide bonds. The first-order valence-electron chi connectivity index (χ1n) is 24.7. The van der Waals surface area contributed by atoms with E-state index in [4.69, 9.17) is 0 Å². The van der Waals surface area contributed by atoms with Crippen LogP contribution in [0.1, 0.15) is 5.56 Å². The van der Waals surface area contributed by atoms with Crippen molar-refractivity contribution in [2.24, 2.45) is 0 Å². The van der Waals surface area contributed by atoms with Crippen LogP contribution in [0.2, 0.25) is 0 Å². The van der Waals surface area contributed by atoms with Crippen molar-refractivity contribution in [1.29, 1.82) is 5.26 Å². The first kappa shape index (κ1) is 42.2. The van der Waals surface area contributed by atoms with Gasteiger partial charge in [-0.2, -0.15) is 5.26 Å². The lowest BCUT2D eigenvalue weighted by Gasteiger charge is -2.26. The van der Waals surface area contributed by atoms with Crippen molar-refractivity contribution in [3.8, 4) is 62.0 Å². The third-order valence-corrected chi connectivity index (χ3v) is 17.4. The van der Waals surface area contributed by atoms with Crippen LogP contribution in [0.3, 0.4) is 0 Å². The van der Waals surface area contributed by atoms with Gasteiger partial charge in [-0.25, -0.2) is 4.85 Å². The zero-order chi connectivity index (χ0) is 49.0. The van der Waals surface area contributed by atoms with E-state index in [2.05, 4.69) is 214 Å². The second-order valence-corrected chi connectivity index (χ2v) is 21.0. The Morgan fingerprint density at radius 2 is 0.784 bits per heavy atom. The minimum Gasteiger partial charge on any atom is -0.318 e. The summed E-state index contributed by atoms with van der Waals surface area (Å²) >= 11 is 3.61. The fourth-order valence-electron chi connectivity index (χ4n) is 11.8. The molecule has 15 aromatic rings. The van der Waals surface area contributed by atoms with Crippen molar-refractivity contribution in [1.82, 2.24) is 9.13 Å². The maximum Gasteiger partial charge on any atom is 0.220 e. The summed E-state index contributed by atoms with van der Waals surface area (Å²) in [4.78, 5) is 4.56. The van der Waals surface area contributed by atoms with Gasteiger partial charge in [-0.15, -0.1) is 22.7 Å². The van der Waals surface area contributed by atoms with Crippen molar-refractivity contribution < 1.29 is 0 Å². The second-order valence-electron chi connectivity index (χ2n) is 18.9. The summed E-state index contributed by atoms with van der Waals surface area (Å²) in [6.45, 7) is 9.33. The van der Waals surface area contributed by atoms with Gasteiger partial charge in [0.2, 0.25) is 5.69 Å². The lowest BCUT2D eigenvalue weighted by atomic mass is 9.88. The SMILES string of the molecule is [C-]#[N+]c1c(-c2ccccc2)c(C#N)c(-n2c3c(ccc4c5cc(-c6ccccc6)ccc5sc43)c3ccc4c5cc(-c6ccccc6)ccc5sc4c32)c(-c2ccccc2)c1-n1c2ccccc2c2ccccc21. The number of aromatic nitrogens is 2. The Balaban J connectivity index is 1.20. The highest BCUT2D eigenvalue weighted by atomic mass is 32.1. The largest absolute Gasteiger partial charge is 0.318 e. The van der Waals surface area contributed by atoms with Gasteiger partial charge < -0.3 is 9.13 Å². The first-order valence-corrected chi connectivity index (χ1v) is 26.3. The average Bonchev–Trinajstić information content (AvgIpc) is 4.23. The second kappa shape index (κ2) is 16.5. The standard InChI is InChI=1S/C68H38N4S2/c1-70-62-60(43-22-10-4-11-23-43)55(40-69)63(61(44-24-12-5-13-25-44)66(62)71-56-28-16-14-26-47(56)48-27-15-17-29-57(48)71)72-64-49(32-34-51-53-38-45(41-18-6-2-7-19-41)30-36-58(53)73-67(51)64)50-33-35-52-54-39-46(42-20-8-3-9-21-42)31-37-59(54)74-68(52)65(50)72/h2-39H. The van der Waals surface area contributed by atoms with Crippen LogP contribution >= 0.6 is 22.7 Å². The highest BCUT2D eigenvalue weighted by molar-refractivity contribution is 7.27. The van der Waals surface area contributed by atoms with E-state index in [0.717, 1.165) is 103 Å². The lowest BCUT2D eigenvalue weighted by Crippen LogP contribution is -2.09. The zero-order valence-corrected chi connectivity index (χ0v) is 41.2. The van der Waals surface area contributed by atoms with E-state index in [0.29, 0.717) is 16.8 Å². The van der Waals surface area contributed by atoms with Crippen LogP contribution in [-0.4, -0.2) is 9.13 Å². The smallest absolute Gasteiger partial charge is 0.220 e. The normalized spacial score (nSPS) is 11.8. The molecule has 0 aliphatic rings. The fourth-order valence-corrected chi connectivity index (χ4v) is 14.2. The molecule has 0 bridgehead atoms. The van der Waals surface area contributed by atoms with Crippen molar-refractivity contribution in [3.63, 3.8) is 0 Å². The van der Waals surface area contributed by atoms with Crippen molar-refractivity contribution in [2.45, 2.75) is 0 Å². The third kappa shape index (κ3) is 6.11. The first-order chi connectivity index (χ1) is 36.7. The van der Waals surface area contributed by atoms with E-state index in [1.165, 1.54) is 31.3 Å². The molecular formula is C68H38N4S2. The monoisotopic (exact) mass is 974 g/mol. The van der Waals surface area contributed by atoms with Crippen molar-refractivity contribution in [3.05, 3.63) is 248 Å². The van der Waals surface area contributed by atoms with Crippen LogP contribution in [0, 0.1) is 17.9 Å². The highest BCUT2D eigenvalue weighted by Crippen LogP contribution is 2.55. The predicted molar refractivity (Wildman–Crippen MR) is 314 cm³/mol. The molecule has 4 nitrogen and oxygen atoms in total. The number of para-hydroxylation sites is 2. The number of fused-ring (bicyclic) bond motifs is 14. The Bertz CT molecular complexity index is 4670. The molecule has 0 saturated carbocycles. The summed E-state index contributed by atoms with van der Waals surface area (Å²) in [6.07, 6.45) is 0. The predicted octanol–water partition coefficient (Wildman–Crippen LogP) is 19.7. The summed E-state index contributed by atoms with van der Waals surface area (Å²) in [5.74, 6) is 0.